The van der Waals surface area contributed by atoms with E-state index in [0.29, 0.717) is 5.69 Å². The maximum Gasteiger partial charge on any atom is 0.346 e. The first-order chi connectivity index (χ1) is 17.9. The minimum absolute atomic E-state index is 0.0710. The van der Waals surface area contributed by atoms with Gasteiger partial charge in [0, 0.05) is 23.7 Å². The van der Waals surface area contributed by atoms with E-state index >= 15 is 0 Å². The molecule has 1 aliphatic rings. The molecule has 188 valence electrons. The van der Waals surface area contributed by atoms with Crippen molar-refractivity contribution < 1.29 is 9.59 Å². The largest absolute Gasteiger partial charge is 0.346 e. The molecule has 0 saturated carbocycles. The van der Waals surface area contributed by atoms with Crippen LogP contribution in [0.15, 0.2) is 72.9 Å². The Morgan fingerprint density at radius 1 is 0.919 bits per heavy atom. The lowest BCUT2D eigenvalue weighted by atomic mass is 9.92. The number of hydrogen-bond acceptors (Lipinski definition) is 4. The Bertz CT molecular complexity index is 1400. The Balaban J connectivity index is 1.34. The second kappa shape index (κ2) is 10.5. The molecular formula is C31H32N4O2. The highest BCUT2D eigenvalue weighted by Crippen LogP contribution is 2.30. The summed E-state index contributed by atoms with van der Waals surface area (Å²) in [5, 5.41) is 8.50. The minimum Gasteiger partial charge on any atom is -0.320 e. The molecule has 1 amide bonds. The third-order valence-electron chi connectivity index (χ3n) is 7.28. The van der Waals surface area contributed by atoms with Crippen LogP contribution in [-0.4, -0.2) is 44.3 Å². The summed E-state index contributed by atoms with van der Waals surface area (Å²) in [6.45, 7) is 6.40. The monoisotopic (exact) mass is 492 g/mol. The van der Waals surface area contributed by atoms with Gasteiger partial charge >= 0.3 is 6.03 Å². The summed E-state index contributed by atoms with van der Waals surface area (Å²) in [4.78, 5) is 27.2. The molecule has 2 heterocycles. The molecule has 6 heteroatoms. The number of ketones is 1. The third kappa shape index (κ3) is 5.24. The van der Waals surface area contributed by atoms with Crippen molar-refractivity contribution in [3.8, 4) is 22.4 Å². The molecule has 4 aromatic rings. The van der Waals surface area contributed by atoms with E-state index in [4.69, 9.17) is 0 Å². The summed E-state index contributed by atoms with van der Waals surface area (Å²) in [6.07, 6.45) is 5.71. The van der Waals surface area contributed by atoms with E-state index in [0.717, 1.165) is 65.6 Å². The number of benzene rings is 3. The Labute approximate surface area is 217 Å². The van der Waals surface area contributed by atoms with Gasteiger partial charge in [0.05, 0.1) is 6.20 Å². The lowest BCUT2D eigenvalue weighted by Gasteiger charge is -2.35. The second-order valence-corrected chi connectivity index (χ2v) is 9.98. The van der Waals surface area contributed by atoms with Gasteiger partial charge in [0.1, 0.15) is 5.69 Å². The molecule has 1 fully saturated rings. The highest BCUT2D eigenvalue weighted by Gasteiger charge is 2.28. The molecule has 1 saturated heterocycles. The van der Waals surface area contributed by atoms with Crippen molar-refractivity contribution in [1.29, 1.82) is 0 Å². The van der Waals surface area contributed by atoms with E-state index in [-0.39, 0.29) is 17.9 Å². The third-order valence-corrected chi connectivity index (χ3v) is 7.28. The van der Waals surface area contributed by atoms with Gasteiger partial charge < -0.3 is 4.90 Å². The second-order valence-electron chi connectivity index (χ2n) is 9.98. The maximum atomic E-state index is 13.4. The van der Waals surface area contributed by atoms with Crippen LogP contribution in [0.3, 0.4) is 0 Å². The smallest absolute Gasteiger partial charge is 0.320 e. The standard InChI is InChI=1S/C31H32N4O2/c1-21-17-27(23(3)36)18-22(2)30(21)26-14-12-25(13-15-26)29-20-35(33-32-29)31(37)34-16-8-7-11-28(34)19-24-9-5-4-6-10-24/h4-6,9-10,12-15,17-18,20,28H,7-8,11,16,19H2,1-3H3. The number of carbonyl (C=O) groups is 2. The molecule has 0 N–H and O–H groups in total. The number of aryl methyl sites for hydroxylation is 2. The average molecular weight is 493 g/mol. The molecule has 1 aromatic heterocycles. The summed E-state index contributed by atoms with van der Waals surface area (Å²) in [7, 11) is 0. The number of amides is 1. The summed E-state index contributed by atoms with van der Waals surface area (Å²) >= 11 is 0. The number of carbonyl (C=O) groups excluding carboxylic acids is 2. The van der Waals surface area contributed by atoms with Crippen LogP contribution < -0.4 is 0 Å². The van der Waals surface area contributed by atoms with Crippen LogP contribution in [0.2, 0.25) is 0 Å². The van der Waals surface area contributed by atoms with Gasteiger partial charge in [-0.25, -0.2) is 4.79 Å². The van der Waals surface area contributed by atoms with Crippen LogP contribution >= 0.6 is 0 Å². The molecule has 5 rings (SSSR count). The lowest BCUT2D eigenvalue weighted by Crippen LogP contribution is -2.46. The lowest BCUT2D eigenvalue weighted by molar-refractivity contribution is 0.101. The summed E-state index contributed by atoms with van der Waals surface area (Å²) in [5.41, 5.74) is 7.89. The highest BCUT2D eigenvalue weighted by molar-refractivity contribution is 5.95. The quantitative estimate of drug-likeness (QED) is 0.298. The van der Waals surface area contributed by atoms with E-state index in [1.807, 2.05) is 61.2 Å². The van der Waals surface area contributed by atoms with Crippen LogP contribution in [0.25, 0.3) is 22.4 Å². The van der Waals surface area contributed by atoms with Gasteiger partial charge in [-0.3, -0.25) is 4.79 Å². The molecule has 0 radical (unpaired) electrons. The van der Waals surface area contributed by atoms with Crippen LogP contribution in [0.5, 0.6) is 0 Å². The zero-order valence-corrected chi connectivity index (χ0v) is 21.6. The van der Waals surface area contributed by atoms with Crippen molar-refractivity contribution in [3.05, 3.63) is 95.2 Å². The van der Waals surface area contributed by atoms with Gasteiger partial charge in [-0.1, -0.05) is 59.8 Å². The molecular weight excluding hydrogens is 460 g/mol. The topological polar surface area (TPSA) is 68.1 Å². The molecule has 1 unspecified atom stereocenters. The first-order valence-electron chi connectivity index (χ1n) is 12.9. The van der Waals surface area contributed by atoms with Crippen LogP contribution in [0.1, 0.15) is 53.2 Å². The molecule has 3 aromatic carbocycles. The number of hydrogen-bond donors (Lipinski definition) is 0. The van der Waals surface area contributed by atoms with Crippen LogP contribution in [0, 0.1) is 13.8 Å². The van der Waals surface area contributed by atoms with Gasteiger partial charge in [-0.2, -0.15) is 4.68 Å². The number of Topliss-reactive ketones (excluding diaryl/α,β-unsaturated/α-hetero) is 1. The molecule has 0 aliphatic carbocycles. The van der Waals surface area contributed by atoms with Gasteiger partial charge in [0.2, 0.25) is 0 Å². The van der Waals surface area contributed by atoms with Gasteiger partial charge in [0.15, 0.2) is 5.78 Å². The van der Waals surface area contributed by atoms with Crippen molar-refractivity contribution in [1.82, 2.24) is 19.9 Å². The van der Waals surface area contributed by atoms with E-state index in [1.54, 1.807) is 13.1 Å². The SMILES string of the molecule is CC(=O)c1cc(C)c(-c2ccc(-c3cn(C(=O)N4CCCCC4Cc4ccccc4)nn3)cc2)c(C)c1. The fourth-order valence-electron chi connectivity index (χ4n) is 5.40. The molecule has 37 heavy (non-hydrogen) atoms. The zero-order chi connectivity index (χ0) is 25.9. The van der Waals surface area contributed by atoms with E-state index in [9.17, 15) is 9.59 Å². The summed E-state index contributed by atoms with van der Waals surface area (Å²) in [5.74, 6) is 0.0710. The van der Waals surface area contributed by atoms with Crippen molar-refractivity contribution >= 4 is 11.8 Å². The normalized spacial score (nSPS) is 15.5. The fraction of sp³-hybridized carbons (Fsp3) is 0.290. The van der Waals surface area contributed by atoms with Crippen molar-refractivity contribution in [3.63, 3.8) is 0 Å². The molecule has 0 bridgehead atoms. The van der Waals surface area contributed by atoms with Crippen molar-refractivity contribution in [2.45, 2.75) is 52.5 Å². The molecule has 1 atom stereocenters. The molecule has 6 nitrogen and oxygen atoms in total. The van der Waals surface area contributed by atoms with Gasteiger partial charge in [-0.05, 0) is 86.4 Å². The Morgan fingerprint density at radius 3 is 2.27 bits per heavy atom. The van der Waals surface area contributed by atoms with Crippen LogP contribution in [0.4, 0.5) is 4.79 Å². The average Bonchev–Trinajstić information content (AvgIpc) is 3.40. The Morgan fingerprint density at radius 2 is 1.59 bits per heavy atom. The first-order valence-corrected chi connectivity index (χ1v) is 12.9. The van der Waals surface area contributed by atoms with E-state index in [2.05, 4.69) is 34.6 Å². The fourth-order valence-corrected chi connectivity index (χ4v) is 5.40. The Hall–Kier alpha value is -4.06. The Kier molecular flexibility index (Phi) is 6.99. The number of likely N-dealkylation sites (tertiary alicyclic amines) is 1. The highest BCUT2D eigenvalue weighted by atomic mass is 16.2. The van der Waals surface area contributed by atoms with Crippen molar-refractivity contribution in [2.24, 2.45) is 0 Å². The molecule has 1 aliphatic heterocycles. The maximum absolute atomic E-state index is 13.4. The minimum atomic E-state index is -0.118. The first kappa shape index (κ1) is 24.6. The van der Waals surface area contributed by atoms with Gasteiger partial charge in [-0.15, -0.1) is 5.10 Å². The number of piperidine rings is 1. The van der Waals surface area contributed by atoms with Crippen molar-refractivity contribution in [2.75, 3.05) is 6.54 Å². The van der Waals surface area contributed by atoms with E-state index in [1.165, 1.54) is 10.2 Å². The number of rotatable bonds is 5. The van der Waals surface area contributed by atoms with E-state index < -0.39 is 0 Å². The molecule has 0 spiro atoms. The summed E-state index contributed by atoms with van der Waals surface area (Å²) in [6, 6.07) is 22.4. The predicted molar refractivity (Wildman–Crippen MR) is 146 cm³/mol. The number of aromatic nitrogens is 3. The zero-order valence-electron chi connectivity index (χ0n) is 21.6. The van der Waals surface area contributed by atoms with Gasteiger partial charge in [0.25, 0.3) is 0 Å². The van der Waals surface area contributed by atoms with Crippen LogP contribution in [-0.2, 0) is 6.42 Å². The number of nitrogens with zero attached hydrogens (tertiary/aromatic N) is 4. The summed E-state index contributed by atoms with van der Waals surface area (Å²) < 4.78 is 1.38. The predicted octanol–water partition coefficient (Wildman–Crippen LogP) is 6.50.